The molecule has 1 aromatic carbocycles. The summed E-state index contributed by atoms with van der Waals surface area (Å²) in [5.74, 6) is -0.0706. The van der Waals surface area contributed by atoms with Crippen molar-refractivity contribution >= 4 is 21.9 Å². The molecule has 0 bridgehead atoms. The van der Waals surface area contributed by atoms with Gasteiger partial charge in [0.25, 0.3) is 0 Å². The molecule has 0 amide bonds. The van der Waals surface area contributed by atoms with E-state index >= 15 is 0 Å². The lowest BCUT2D eigenvalue weighted by Crippen LogP contribution is -2.13. The van der Waals surface area contributed by atoms with Crippen LogP contribution in [-0.4, -0.2) is 33.2 Å². The van der Waals surface area contributed by atoms with Crippen LogP contribution in [0.2, 0.25) is 0 Å². The topological polar surface area (TPSA) is 80.8 Å². The minimum atomic E-state index is -0.280. The summed E-state index contributed by atoms with van der Waals surface area (Å²) in [7, 11) is 0. The molecule has 0 saturated carbocycles. The number of benzene rings is 1. The number of aromatic nitrogens is 4. The number of rotatable bonds is 5. The Kier molecular flexibility index (Phi) is 4.62. The highest BCUT2D eigenvalue weighted by Crippen LogP contribution is 2.27. The van der Waals surface area contributed by atoms with Gasteiger partial charge in [0.2, 0.25) is 0 Å². The molecular weight excluding hydrogens is 312 g/mol. The van der Waals surface area contributed by atoms with Crippen molar-refractivity contribution in [2.75, 3.05) is 6.61 Å². The van der Waals surface area contributed by atoms with E-state index in [-0.39, 0.29) is 18.3 Å². The number of carbonyl (C=O) groups excluding carboxylic acids is 1. The Morgan fingerprint density at radius 3 is 3.00 bits per heavy atom. The van der Waals surface area contributed by atoms with Crippen LogP contribution in [0.4, 0.5) is 0 Å². The van der Waals surface area contributed by atoms with Gasteiger partial charge in [0, 0.05) is 4.47 Å². The number of hydrogen-bond donors (Lipinski definition) is 1. The number of nitrogens with zero attached hydrogens (tertiary/aromatic N) is 3. The molecule has 2 aromatic rings. The molecule has 1 atom stereocenters. The van der Waals surface area contributed by atoms with Gasteiger partial charge < -0.3 is 4.74 Å². The number of ether oxygens (including phenoxy) is 1. The van der Waals surface area contributed by atoms with Gasteiger partial charge in [-0.05, 0) is 24.6 Å². The molecule has 19 heavy (non-hydrogen) atoms. The summed E-state index contributed by atoms with van der Waals surface area (Å²) in [5.41, 5.74) is 0.934. The van der Waals surface area contributed by atoms with E-state index in [4.69, 9.17) is 4.74 Å². The highest BCUT2D eigenvalue weighted by molar-refractivity contribution is 9.10. The average molecular weight is 325 g/mol. The molecule has 6 nitrogen and oxygen atoms in total. The van der Waals surface area contributed by atoms with Crippen molar-refractivity contribution in [1.29, 1.82) is 0 Å². The summed E-state index contributed by atoms with van der Waals surface area (Å²) in [6.07, 6.45) is 0.184. The van der Waals surface area contributed by atoms with E-state index in [1.165, 1.54) is 0 Å². The van der Waals surface area contributed by atoms with Crippen LogP contribution in [0, 0.1) is 0 Å². The van der Waals surface area contributed by atoms with Crippen LogP contribution in [0.5, 0.6) is 0 Å². The molecule has 2 rings (SSSR count). The fourth-order valence-electron chi connectivity index (χ4n) is 1.79. The van der Waals surface area contributed by atoms with Gasteiger partial charge in [-0.1, -0.05) is 33.3 Å². The number of esters is 1. The molecular formula is C12H13BrN4O2. The minimum Gasteiger partial charge on any atom is -0.466 e. The van der Waals surface area contributed by atoms with Crippen molar-refractivity contribution in [1.82, 2.24) is 20.6 Å². The number of hydrogen-bond acceptors (Lipinski definition) is 5. The van der Waals surface area contributed by atoms with Gasteiger partial charge in [0.1, 0.15) is 0 Å². The van der Waals surface area contributed by atoms with E-state index in [0.29, 0.717) is 12.4 Å². The molecule has 100 valence electrons. The predicted octanol–water partition coefficient (Wildman–Crippen LogP) is 2.05. The zero-order valence-electron chi connectivity index (χ0n) is 10.3. The normalized spacial score (nSPS) is 12.1. The van der Waals surface area contributed by atoms with Gasteiger partial charge in [-0.3, -0.25) is 4.79 Å². The highest BCUT2D eigenvalue weighted by atomic mass is 79.9. The Hall–Kier alpha value is -1.76. The summed E-state index contributed by atoms with van der Waals surface area (Å²) in [6, 6.07) is 7.67. The zero-order valence-corrected chi connectivity index (χ0v) is 11.9. The number of H-pyrrole nitrogens is 1. The summed E-state index contributed by atoms with van der Waals surface area (Å²) >= 11 is 3.41. The van der Waals surface area contributed by atoms with Gasteiger partial charge in [-0.15, -0.1) is 10.2 Å². The monoisotopic (exact) mass is 324 g/mol. The smallest absolute Gasteiger partial charge is 0.306 e. The summed E-state index contributed by atoms with van der Waals surface area (Å²) < 4.78 is 5.92. The molecule has 1 N–H and O–H groups in total. The number of halogens is 1. The Morgan fingerprint density at radius 2 is 2.37 bits per heavy atom. The molecule has 0 radical (unpaired) electrons. The lowest BCUT2D eigenvalue weighted by atomic mass is 9.95. The maximum atomic E-state index is 11.7. The van der Waals surface area contributed by atoms with Crippen LogP contribution in [-0.2, 0) is 9.53 Å². The van der Waals surface area contributed by atoms with Crippen LogP contribution in [0.25, 0.3) is 0 Å². The van der Waals surface area contributed by atoms with Gasteiger partial charge in [-0.2, -0.15) is 5.21 Å². The standard InChI is InChI=1S/C12H13BrN4O2/c1-2-19-11(18)7-10(12-14-16-17-15-12)8-4-3-5-9(13)6-8/h3-6,10H,2,7H2,1H3,(H,14,15,16,17)/t10-/m0/s1. The average Bonchev–Trinajstić information content (AvgIpc) is 2.90. The number of tetrazole rings is 1. The minimum absolute atomic E-state index is 0.184. The van der Waals surface area contributed by atoms with Crippen LogP contribution in [0.15, 0.2) is 28.7 Å². The van der Waals surface area contributed by atoms with E-state index in [2.05, 4.69) is 36.6 Å². The van der Waals surface area contributed by atoms with Crippen LogP contribution in [0.3, 0.4) is 0 Å². The van der Waals surface area contributed by atoms with Gasteiger partial charge in [0.05, 0.1) is 18.9 Å². The third-order valence-corrected chi connectivity index (χ3v) is 3.09. The van der Waals surface area contributed by atoms with Crippen molar-refractivity contribution in [3.05, 3.63) is 40.1 Å². The maximum absolute atomic E-state index is 11.7. The van der Waals surface area contributed by atoms with E-state index in [0.717, 1.165) is 10.0 Å². The summed E-state index contributed by atoms with van der Waals surface area (Å²) in [4.78, 5) is 11.7. The molecule has 0 aliphatic heterocycles. The lowest BCUT2D eigenvalue weighted by Gasteiger charge is -2.13. The zero-order chi connectivity index (χ0) is 13.7. The van der Waals surface area contributed by atoms with Crippen molar-refractivity contribution in [2.24, 2.45) is 0 Å². The molecule has 1 aromatic heterocycles. The second-order valence-electron chi connectivity index (χ2n) is 3.89. The van der Waals surface area contributed by atoms with Crippen molar-refractivity contribution in [3.63, 3.8) is 0 Å². The van der Waals surface area contributed by atoms with Crippen LogP contribution in [0.1, 0.15) is 30.7 Å². The quantitative estimate of drug-likeness (QED) is 0.851. The molecule has 7 heteroatoms. The predicted molar refractivity (Wildman–Crippen MR) is 71.4 cm³/mol. The van der Waals surface area contributed by atoms with E-state index in [1.54, 1.807) is 6.92 Å². The third-order valence-electron chi connectivity index (χ3n) is 2.60. The second-order valence-corrected chi connectivity index (χ2v) is 4.80. The maximum Gasteiger partial charge on any atom is 0.306 e. The van der Waals surface area contributed by atoms with Crippen LogP contribution < -0.4 is 0 Å². The van der Waals surface area contributed by atoms with Crippen molar-refractivity contribution < 1.29 is 9.53 Å². The first-order valence-electron chi connectivity index (χ1n) is 5.85. The van der Waals surface area contributed by atoms with Gasteiger partial charge in [0.15, 0.2) is 5.82 Å². The van der Waals surface area contributed by atoms with E-state index < -0.39 is 0 Å². The van der Waals surface area contributed by atoms with Crippen LogP contribution >= 0.6 is 15.9 Å². The van der Waals surface area contributed by atoms with Crippen molar-refractivity contribution in [2.45, 2.75) is 19.3 Å². The molecule has 0 fully saturated rings. The van der Waals surface area contributed by atoms with Crippen molar-refractivity contribution in [3.8, 4) is 0 Å². The summed E-state index contributed by atoms with van der Waals surface area (Å²) in [6.45, 7) is 2.14. The fourth-order valence-corrected chi connectivity index (χ4v) is 2.20. The molecule has 0 aliphatic carbocycles. The third kappa shape index (κ3) is 3.60. The SMILES string of the molecule is CCOC(=O)C[C@@H](c1cccc(Br)c1)c1nn[nH]n1. The fraction of sp³-hybridized carbons (Fsp3) is 0.333. The Bertz CT molecular complexity index is 544. The second kappa shape index (κ2) is 6.42. The molecule has 0 saturated heterocycles. The summed E-state index contributed by atoms with van der Waals surface area (Å²) in [5, 5.41) is 13.9. The molecule has 0 aliphatic rings. The first kappa shape index (κ1) is 13.7. The Labute approximate surface area is 118 Å². The first-order valence-corrected chi connectivity index (χ1v) is 6.64. The van der Waals surface area contributed by atoms with E-state index in [1.807, 2.05) is 24.3 Å². The lowest BCUT2D eigenvalue weighted by molar-refractivity contribution is -0.143. The highest BCUT2D eigenvalue weighted by Gasteiger charge is 2.23. The number of carbonyl (C=O) groups is 1. The Balaban J connectivity index is 2.27. The largest absolute Gasteiger partial charge is 0.466 e. The molecule has 0 spiro atoms. The van der Waals surface area contributed by atoms with E-state index in [9.17, 15) is 4.79 Å². The van der Waals surface area contributed by atoms with Gasteiger partial charge >= 0.3 is 5.97 Å². The first-order chi connectivity index (χ1) is 9.20. The molecule has 0 unspecified atom stereocenters. The Morgan fingerprint density at radius 1 is 1.53 bits per heavy atom. The molecule has 1 heterocycles. The number of nitrogens with one attached hydrogen (secondary N) is 1. The number of aromatic amines is 1. The van der Waals surface area contributed by atoms with Gasteiger partial charge in [-0.25, -0.2) is 0 Å².